The van der Waals surface area contributed by atoms with E-state index in [1.54, 1.807) is 62.6 Å². The normalized spacial score (nSPS) is 15.0. The van der Waals surface area contributed by atoms with Gasteiger partial charge < -0.3 is 19.9 Å². The van der Waals surface area contributed by atoms with Gasteiger partial charge in [-0.3, -0.25) is 9.59 Å². The van der Waals surface area contributed by atoms with Crippen LogP contribution in [0.3, 0.4) is 0 Å². The van der Waals surface area contributed by atoms with Crippen LogP contribution in [0.4, 0.5) is 0 Å². The van der Waals surface area contributed by atoms with E-state index in [2.05, 4.69) is 5.32 Å². The summed E-state index contributed by atoms with van der Waals surface area (Å²) in [6, 6.07) is 8.28. The van der Waals surface area contributed by atoms with Crippen LogP contribution >= 0.6 is 11.8 Å². The number of likely N-dealkylation sites (N-methyl/N-ethyl adjacent to an activating group) is 3. The van der Waals surface area contributed by atoms with Crippen molar-refractivity contribution in [1.29, 1.82) is 0 Å². The van der Waals surface area contributed by atoms with Gasteiger partial charge in [0.1, 0.15) is 6.04 Å². The Kier molecular flexibility index (Phi) is 12.6. The van der Waals surface area contributed by atoms with Crippen LogP contribution in [0.5, 0.6) is 0 Å². The lowest BCUT2D eigenvalue weighted by Crippen LogP contribution is -2.63. The highest BCUT2D eigenvalue weighted by Crippen LogP contribution is 2.34. The van der Waals surface area contributed by atoms with E-state index in [4.69, 9.17) is 4.74 Å². The van der Waals surface area contributed by atoms with E-state index in [0.29, 0.717) is 5.57 Å². The molecule has 0 bridgehead atoms. The molecule has 3 atom stereocenters. The lowest BCUT2D eigenvalue weighted by molar-refractivity contribution is -0.148. The number of ether oxygens (including phenoxy) is 1. The highest BCUT2D eigenvalue weighted by atomic mass is 32.2. The maximum Gasteiger partial charge on any atom is 0.333 e. The summed E-state index contributed by atoms with van der Waals surface area (Å²) in [4.78, 5) is 43.8. The Morgan fingerprint density at radius 3 is 2.03 bits per heavy atom. The monoisotopic (exact) mass is 547 g/mol. The summed E-state index contributed by atoms with van der Waals surface area (Å²) in [5.41, 5.74) is 0.962. The molecule has 38 heavy (non-hydrogen) atoms. The van der Waals surface area contributed by atoms with Crippen molar-refractivity contribution in [1.82, 2.24) is 15.1 Å². The maximum atomic E-state index is 14.2. The Balaban J connectivity index is 3.48. The second-order valence-electron chi connectivity index (χ2n) is 11.2. The van der Waals surface area contributed by atoms with Crippen LogP contribution < -0.4 is 5.32 Å². The zero-order chi connectivity index (χ0) is 29.4. The van der Waals surface area contributed by atoms with E-state index >= 15 is 0 Å². The zero-order valence-corrected chi connectivity index (χ0v) is 26.2. The Hall–Kier alpha value is -2.32. The van der Waals surface area contributed by atoms with Crippen LogP contribution in [0.25, 0.3) is 0 Å². The van der Waals surface area contributed by atoms with Gasteiger partial charge in [0.05, 0.1) is 18.7 Å². The van der Waals surface area contributed by atoms with Gasteiger partial charge in [0.15, 0.2) is 0 Å². The summed E-state index contributed by atoms with van der Waals surface area (Å²) in [5.74, 6) is -0.699. The van der Waals surface area contributed by atoms with E-state index in [-0.39, 0.29) is 30.4 Å². The molecule has 8 heteroatoms. The number of hydrogen-bond donors (Lipinski definition) is 1. The number of esters is 1. The van der Waals surface area contributed by atoms with Crippen molar-refractivity contribution in [2.24, 2.45) is 5.92 Å². The van der Waals surface area contributed by atoms with Crippen LogP contribution in [-0.4, -0.2) is 84.5 Å². The lowest BCUT2D eigenvalue weighted by atomic mass is 9.77. The predicted molar refractivity (Wildman–Crippen MR) is 158 cm³/mol. The molecule has 7 nitrogen and oxygen atoms in total. The molecule has 0 unspecified atom stereocenters. The van der Waals surface area contributed by atoms with Gasteiger partial charge in [0.25, 0.3) is 0 Å². The summed E-state index contributed by atoms with van der Waals surface area (Å²) >= 11 is 1.54. The van der Waals surface area contributed by atoms with Gasteiger partial charge in [-0.1, -0.05) is 64.1 Å². The molecule has 0 spiro atoms. The van der Waals surface area contributed by atoms with Gasteiger partial charge in [-0.2, -0.15) is 11.8 Å². The largest absolute Gasteiger partial charge is 0.463 e. The minimum Gasteiger partial charge on any atom is -0.463 e. The van der Waals surface area contributed by atoms with Gasteiger partial charge in [0.2, 0.25) is 11.8 Å². The number of nitrogens with one attached hydrogen (secondary N) is 1. The fourth-order valence-electron chi connectivity index (χ4n) is 4.86. The molecule has 0 aromatic heterocycles. The molecule has 0 aliphatic rings. The molecule has 1 rings (SSSR count). The van der Waals surface area contributed by atoms with E-state index in [1.165, 1.54) is 0 Å². The molecule has 214 valence electrons. The molecule has 0 heterocycles. The number of carbonyl (C=O) groups is 3. The minimum atomic E-state index is -0.741. The first-order valence-corrected chi connectivity index (χ1v) is 14.5. The quantitative estimate of drug-likeness (QED) is 0.289. The highest BCUT2D eigenvalue weighted by molar-refractivity contribution is 8.00. The van der Waals surface area contributed by atoms with Crippen LogP contribution in [-0.2, 0) is 24.5 Å². The van der Waals surface area contributed by atoms with Crippen molar-refractivity contribution in [3.8, 4) is 0 Å². The van der Waals surface area contributed by atoms with Crippen LogP contribution in [0.2, 0.25) is 0 Å². The summed E-state index contributed by atoms with van der Waals surface area (Å²) < 4.78 is 4.57. The predicted octanol–water partition coefficient (Wildman–Crippen LogP) is 4.51. The molecule has 0 fully saturated rings. The number of amides is 2. The van der Waals surface area contributed by atoms with Gasteiger partial charge in [-0.05, 0) is 52.5 Å². The fourth-order valence-corrected chi connectivity index (χ4v) is 5.34. The van der Waals surface area contributed by atoms with E-state index < -0.39 is 28.2 Å². The Labute approximate surface area is 234 Å². The highest BCUT2D eigenvalue weighted by Gasteiger charge is 2.46. The first-order chi connectivity index (χ1) is 17.6. The molecule has 1 aromatic carbocycles. The van der Waals surface area contributed by atoms with Gasteiger partial charge >= 0.3 is 5.97 Å². The van der Waals surface area contributed by atoms with Gasteiger partial charge in [-0.15, -0.1) is 0 Å². The minimum absolute atomic E-state index is 0.0365. The van der Waals surface area contributed by atoms with Gasteiger partial charge in [-0.25, -0.2) is 4.79 Å². The number of nitrogens with zero attached hydrogens (tertiary/aromatic N) is 2. The third kappa shape index (κ3) is 7.85. The Morgan fingerprint density at radius 2 is 1.58 bits per heavy atom. The van der Waals surface area contributed by atoms with E-state index in [1.807, 2.05) is 78.1 Å². The average Bonchev–Trinajstić information content (AvgIpc) is 2.87. The van der Waals surface area contributed by atoms with Crippen molar-refractivity contribution >= 4 is 29.5 Å². The number of carbonyl (C=O) groups excluding carboxylic acids is 3. The average molecular weight is 548 g/mol. The summed E-state index contributed by atoms with van der Waals surface area (Å²) in [5, 5.41) is 3.22. The lowest BCUT2D eigenvalue weighted by Gasteiger charge is -2.44. The summed E-state index contributed by atoms with van der Waals surface area (Å²) in [6.07, 6.45) is 3.74. The van der Waals surface area contributed by atoms with Crippen molar-refractivity contribution < 1.29 is 19.1 Å². The number of rotatable bonds is 13. The molecule has 0 aliphatic carbocycles. The van der Waals surface area contributed by atoms with E-state index in [0.717, 1.165) is 5.56 Å². The van der Waals surface area contributed by atoms with Crippen molar-refractivity contribution in [2.75, 3.05) is 34.0 Å². The molecule has 0 saturated heterocycles. The molecule has 0 aliphatic heterocycles. The van der Waals surface area contributed by atoms with E-state index in [9.17, 15) is 14.4 Å². The number of benzene rings is 1. The first kappa shape index (κ1) is 33.7. The molecule has 1 aromatic rings. The SMILES string of the molecule is CCOC(=O)/C(C)=C/[C@@H](C(C)C)N(C)C(=O)[C@@H](N(C)C(=O)[C@@H](NC)C(C)(C)c1ccccc1)C(C)(C)SC. The number of hydrogen-bond acceptors (Lipinski definition) is 6. The van der Waals surface area contributed by atoms with Crippen molar-refractivity contribution in [3.63, 3.8) is 0 Å². The Morgan fingerprint density at radius 1 is 1.03 bits per heavy atom. The third-order valence-corrected chi connectivity index (χ3v) is 8.70. The van der Waals surface area contributed by atoms with Crippen LogP contribution in [0.1, 0.15) is 61.0 Å². The smallest absolute Gasteiger partial charge is 0.333 e. The molecule has 1 N–H and O–H groups in total. The number of thioether (sulfide) groups is 1. The second kappa shape index (κ2) is 14.2. The topological polar surface area (TPSA) is 79.0 Å². The van der Waals surface area contributed by atoms with Crippen LogP contribution in [0.15, 0.2) is 42.0 Å². The fraction of sp³-hybridized carbons (Fsp3) is 0.633. The molecular weight excluding hydrogens is 498 g/mol. The maximum absolute atomic E-state index is 14.2. The second-order valence-corrected chi connectivity index (χ2v) is 12.7. The van der Waals surface area contributed by atoms with Crippen molar-refractivity contribution in [3.05, 3.63) is 47.5 Å². The first-order valence-electron chi connectivity index (χ1n) is 13.2. The van der Waals surface area contributed by atoms with Crippen molar-refractivity contribution in [2.45, 2.75) is 83.7 Å². The molecule has 0 radical (unpaired) electrons. The van der Waals surface area contributed by atoms with Crippen LogP contribution in [0, 0.1) is 5.92 Å². The third-order valence-electron chi connectivity index (χ3n) is 7.42. The molecule has 0 saturated carbocycles. The Bertz CT molecular complexity index is 975. The van der Waals surface area contributed by atoms with Gasteiger partial charge in [0, 0.05) is 29.8 Å². The summed E-state index contributed by atoms with van der Waals surface area (Å²) in [7, 11) is 5.24. The summed E-state index contributed by atoms with van der Waals surface area (Å²) in [6.45, 7) is 15.8. The zero-order valence-electron chi connectivity index (χ0n) is 25.4. The molecule has 2 amide bonds. The molecular formula is C30H49N3O4S. The standard InChI is InChI=1S/C30H49N3O4S/c1-13-37-28(36)21(4)19-23(20(2)3)32(10)27(35)25(30(7,8)38-12)33(11)26(34)24(31-9)29(5,6)22-17-15-14-16-18-22/h14-20,23-25,31H,13H2,1-12H3/b21-19+/t23-,24+,25+/m0/s1.